The van der Waals surface area contributed by atoms with E-state index in [2.05, 4.69) is 52.3 Å². The third-order valence-corrected chi connectivity index (χ3v) is 4.48. The van der Waals surface area contributed by atoms with E-state index in [9.17, 15) is 0 Å². The van der Waals surface area contributed by atoms with Gasteiger partial charge in [-0.25, -0.2) is 0 Å². The van der Waals surface area contributed by atoms with Crippen molar-refractivity contribution in [3.05, 3.63) is 40.9 Å². The monoisotopic (exact) mass is 318 g/mol. The van der Waals surface area contributed by atoms with Gasteiger partial charge < -0.3 is 4.74 Å². The molecule has 0 amide bonds. The zero-order valence-electron chi connectivity index (χ0n) is 11.1. The molecule has 2 aromatic carbocycles. The van der Waals surface area contributed by atoms with Crippen molar-refractivity contribution in [3.63, 3.8) is 0 Å². The van der Waals surface area contributed by atoms with Crippen LogP contribution in [0, 0.1) is 5.92 Å². The third kappa shape index (κ3) is 3.30. The smallest absolute Gasteiger partial charge is 0.119 e. The molecule has 0 heterocycles. The molecule has 0 saturated heterocycles. The van der Waals surface area contributed by atoms with Gasteiger partial charge >= 0.3 is 0 Å². The van der Waals surface area contributed by atoms with E-state index in [-0.39, 0.29) is 0 Å². The zero-order chi connectivity index (χ0) is 13.1. The lowest BCUT2D eigenvalue weighted by atomic mass is 9.90. The van der Waals surface area contributed by atoms with Crippen LogP contribution in [0.4, 0.5) is 0 Å². The summed E-state index contributed by atoms with van der Waals surface area (Å²) in [6.45, 7) is 0.875. The van der Waals surface area contributed by atoms with Crippen molar-refractivity contribution in [1.82, 2.24) is 0 Å². The average molecular weight is 319 g/mol. The highest BCUT2D eigenvalue weighted by molar-refractivity contribution is 9.10. The summed E-state index contributed by atoms with van der Waals surface area (Å²) in [6.07, 6.45) is 6.82. The lowest BCUT2D eigenvalue weighted by molar-refractivity contribution is 0.209. The molecular formula is C17H19BrO. The van der Waals surface area contributed by atoms with Gasteiger partial charge in [0.25, 0.3) is 0 Å². The Balaban J connectivity index is 1.70. The largest absolute Gasteiger partial charge is 0.493 e. The fourth-order valence-electron chi connectivity index (χ4n) is 2.85. The van der Waals surface area contributed by atoms with Gasteiger partial charge in [0.1, 0.15) is 5.75 Å². The Morgan fingerprint density at radius 2 is 1.74 bits per heavy atom. The van der Waals surface area contributed by atoms with E-state index in [1.807, 2.05) is 0 Å². The summed E-state index contributed by atoms with van der Waals surface area (Å²) < 4.78 is 7.09. The Labute approximate surface area is 123 Å². The Morgan fingerprint density at radius 1 is 0.947 bits per heavy atom. The highest BCUT2D eigenvalue weighted by Crippen LogP contribution is 2.27. The van der Waals surface area contributed by atoms with Crippen LogP contribution in [0.5, 0.6) is 5.75 Å². The van der Waals surface area contributed by atoms with Crippen molar-refractivity contribution < 1.29 is 4.74 Å². The molecule has 100 valence electrons. The standard InChI is InChI=1S/C17H19BrO/c18-16-8-6-14-7-9-17(11-15(14)10-16)19-12-13-4-2-1-3-5-13/h6-11,13H,1-5,12H2. The van der Waals surface area contributed by atoms with Crippen molar-refractivity contribution in [2.75, 3.05) is 6.61 Å². The molecule has 0 aliphatic heterocycles. The molecule has 1 nitrogen and oxygen atoms in total. The molecule has 0 N–H and O–H groups in total. The van der Waals surface area contributed by atoms with E-state index >= 15 is 0 Å². The lowest BCUT2D eigenvalue weighted by Crippen LogP contribution is -2.15. The normalized spacial score (nSPS) is 16.7. The Kier molecular flexibility index (Phi) is 4.07. The highest BCUT2D eigenvalue weighted by Gasteiger charge is 2.13. The summed E-state index contributed by atoms with van der Waals surface area (Å²) in [7, 11) is 0. The number of ether oxygens (including phenoxy) is 1. The molecule has 0 atom stereocenters. The first kappa shape index (κ1) is 13.0. The maximum absolute atomic E-state index is 5.98. The van der Waals surface area contributed by atoms with Gasteiger partial charge in [-0.2, -0.15) is 0 Å². The van der Waals surface area contributed by atoms with E-state index in [0.29, 0.717) is 0 Å². The second kappa shape index (κ2) is 5.96. The van der Waals surface area contributed by atoms with Gasteiger partial charge in [-0.05, 0) is 53.8 Å². The quantitative estimate of drug-likeness (QED) is 0.719. The maximum Gasteiger partial charge on any atom is 0.119 e. The van der Waals surface area contributed by atoms with Gasteiger partial charge in [0.15, 0.2) is 0 Å². The summed E-state index contributed by atoms with van der Waals surface area (Å²) >= 11 is 3.52. The number of rotatable bonds is 3. The van der Waals surface area contributed by atoms with Crippen LogP contribution in [0.2, 0.25) is 0 Å². The van der Waals surface area contributed by atoms with Crippen LogP contribution in [0.15, 0.2) is 40.9 Å². The summed E-state index contributed by atoms with van der Waals surface area (Å²) in [5, 5.41) is 2.49. The highest BCUT2D eigenvalue weighted by atomic mass is 79.9. The molecule has 1 saturated carbocycles. The fourth-order valence-corrected chi connectivity index (χ4v) is 3.23. The van der Waals surface area contributed by atoms with Crippen LogP contribution in [-0.2, 0) is 0 Å². The molecule has 0 spiro atoms. The SMILES string of the molecule is Brc1ccc2ccc(OCC3CCCCC3)cc2c1. The molecule has 0 radical (unpaired) electrons. The molecule has 2 heteroatoms. The van der Waals surface area contributed by atoms with Crippen LogP contribution < -0.4 is 4.74 Å². The Morgan fingerprint density at radius 3 is 2.58 bits per heavy atom. The summed E-state index contributed by atoms with van der Waals surface area (Å²) in [5.41, 5.74) is 0. The fraction of sp³-hybridized carbons (Fsp3) is 0.412. The lowest BCUT2D eigenvalue weighted by Gasteiger charge is -2.21. The molecule has 19 heavy (non-hydrogen) atoms. The molecule has 1 aliphatic rings. The molecule has 0 unspecified atom stereocenters. The molecule has 1 aliphatic carbocycles. The first-order valence-corrected chi connectivity index (χ1v) is 7.93. The van der Waals surface area contributed by atoms with Crippen molar-refractivity contribution in [3.8, 4) is 5.75 Å². The second-order valence-electron chi connectivity index (χ2n) is 5.47. The van der Waals surface area contributed by atoms with E-state index in [1.165, 1.54) is 42.9 Å². The van der Waals surface area contributed by atoms with Crippen LogP contribution in [0.1, 0.15) is 32.1 Å². The van der Waals surface area contributed by atoms with E-state index < -0.39 is 0 Å². The predicted molar refractivity (Wildman–Crippen MR) is 83.7 cm³/mol. The van der Waals surface area contributed by atoms with E-state index in [4.69, 9.17) is 4.74 Å². The van der Waals surface area contributed by atoms with E-state index in [0.717, 1.165) is 22.7 Å². The maximum atomic E-state index is 5.98. The van der Waals surface area contributed by atoms with Gasteiger partial charge in [0.05, 0.1) is 6.61 Å². The minimum atomic E-state index is 0.756. The number of halogens is 1. The average Bonchev–Trinajstić information content (AvgIpc) is 2.46. The summed E-state index contributed by atoms with van der Waals surface area (Å²) in [4.78, 5) is 0. The molecular weight excluding hydrogens is 300 g/mol. The summed E-state index contributed by atoms with van der Waals surface area (Å²) in [5.74, 6) is 1.75. The first-order valence-electron chi connectivity index (χ1n) is 7.13. The van der Waals surface area contributed by atoms with Gasteiger partial charge in [-0.1, -0.05) is 47.3 Å². The van der Waals surface area contributed by atoms with Gasteiger partial charge in [-0.3, -0.25) is 0 Å². The third-order valence-electron chi connectivity index (χ3n) is 3.98. The van der Waals surface area contributed by atoms with Crippen molar-refractivity contribution in [2.24, 2.45) is 5.92 Å². The predicted octanol–water partition coefficient (Wildman–Crippen LogP) is 5.56. The van der Waals surface area contributed by atoms with Crippen molar-refractivity contribution in [1.29, 1.82) is 0 Å². The minimum Gasteiger partial charge on any atom is -0.493 e. The molecule has 0 aromatic heterocycles. The molecule has 1 fully saturated rings. The number of hydrogen-bond donors (Lipinski definition) is 0. The Bertz CT molecular complexity index is 558. The van der Waals surface area contributed by atoms with Crippen LogP contribution in [0.25, 0.3) is 10.8 Å². The molecule has 3 rings (SSSR count). The van der Waals surface area contributed by atoms with Crippen LogP contribution in [-0.4, -0.2) is 6.61 Å². The van der Waals surface area contributed by atoms with Crippen molar-refractivity contribution >= 4 is 26.7 Å². The van der Waals surface area contributed by atoms with Gasteiger partial charge in [0, 0.05) is 4.47 Å². The van der Waals surface area contributed by atoms with Crippen LogP contribution >= 0.6 is 15.9 Å². The molecule has 2 aromatic rings. The first-order chi connectivity index (χ1) is 9.31. The number of fused-ring (bicyclic) bond motifs is 1. The van der Waals surface area contributed by atoms with Crippen LogP contribution in [0.3, 0.4) is 0 Å². The second-order valence-corrected chi connectivity index (χ2v) is 6.38. The summed E-state index contributed by atoms with van der Waals surface area (Å²) in [6, 6.07) is 12.7. The topological polar surface area (TPSA) is 9.23 Å². The van der Waals surface area contributed by atoms with E-state index in [1.54, 1.807) is 0 Å². The van der Waals surface area contributed by atoms with Gasteiger partial charge in [0.2, 0.25) is 0 Å². The minimum absolute atomic E-state index is 0.756. The van der Waals surface area contributed by atoms with Crippen molar-refractivity contribution in [2.45, 2.75) is 32.1 Å². The Hall–Kier alpha value is -1.02. The number of benzene rings is 2. The zero-order valence-corrected chi connectivity index (χ0v) is 12.7. The molecule has 0 bridgehead atoms. The van der Waals surface area contributed by atoms with Gasteiger partial charge in [-0.15, -0.1) is 0 Å². The number of hydrogen-bond acceptors (Lipinski definition) is 1.